The van der Waals surface area contributed by atoms with Gasteiger partial charge in [0, 0.05) is 11.3 Å². The summed E-state index contributed by atoms with van der Waals surface area (Å²) in [5.74, 6) is -0.975. The standard InChI is InChI=1S/C17H16FNO4/c1-22-15-8-3-2-5-12(15)9-17(21)23-11-16(20)19-14-7-4-6-13(18)10-14/h2-8,10H,9,11H2,1H3,(H,19,20). The summed E-state index contributed by atoms with van der Waals surface area (Å²) in [6.07, 6.45) is -0.00272. The third kappa shape index (κ3) is 5.10. The average molecular weight is 317 g/mol. The number of carbonyl (C=O) groups excluding carboxylic acids is 2. The SMILES string of the molecule is COc1ccccc1CC(=O)OCC(=O)Nc1cccc(F)c1. The van der Waals surface area contributed by atoms with E-state index in [0.29, 0.717) is 17.0 Å². The van der Waals surface area contributed by atoms with Crippen molar-refractivity contribution in [2.24, 2.45) is 0 Å². The van der Waals surface area contributed by atoms with Gasteiger partial charge < -0.3 is 14.8 Å². The Balaban J connectivity index is 1.83. The largest absolute Gasteiger partial charge is 0.496 e. The fourth-order valence-electron chi connectivity index (χ4n) is 1.96. The molecule has 2 aromatic carbocycles. The Bertz CT molecular complexity index is 702. The molecule has 0 fully saturated rings. The number of methoxy groups -OCH3 is 1. The number of nitrogens with one attached hydrogen (secondary N) is 1. The molecule has 0 unspecified atom stereocenters. The van der Waals surface area contributed by atoms with Crippen LogP contribution in [0.25, 0.3) is 0 Å². The van der Waals surface area contributed by atoms with Crippen LogP contribution in [0.5, 0.6) is 5.75 Å². The van der Waals surface area contributed by atoms with Gasteiger partial charge in [-0.25, -0.2) is 4.39 Å². The number of hydrogen-bond acceptors (Lipinski definition) is 4. The van der Waals surface area contributed by atoms with Crippen LogP contribution in [-0.2, 0) is 20.7 Å². The number of benzene rings is 2. The van der Waals surface area contributed by atoms with Crippen molar-refractivity contribution in [1.82, 2.24) is 0 Å². The molecule has 0 saturated carbocycles. The van der Waals surface area contributed by atoms with Crippen LogP contribution in [0.4, 0.5) is 10.1 Å². The van der Waals surface area contributed by atoms with Crippen LogP contribution in [0.3, 0.4) is 0 Å². The molecule has 0 spiro atoms. The number of rotatable bonds is 6. The summed E-state index contributed by atoms with van der Waals surface area (Å²) >= 11 is 0. The van der Waals surface area contributed by atoms with Gasteiger partial charge in [0.1, 0.15) is 11.6 Å². The maximum Gasteiger partial charge on any atom is 0.310 e. The molecule has 5 nitrogen and oxygen atoms in total. The minimum absolute atomic E-state index is 0.00272. The monoisotopic (exact) mass is 317 g/mol. The zero-order valence-corrected chi connectivity index (χ0v) is 12.5. The Morgan fingerprint density at radius 3 is 2.65 bits per heavy atom. The number of para-hydroxylation sites is 1. The molecule has 0 aliphatic carbocycles. The van der Waals surface area contributed by atoms with Crippen molar-refractivity contribution in [3.63, 3.8) is 0 Å². The molecule has 0 aliphatic heterocycles. The fraction of sp³-hybridized carbons (Fsp3) is 0.176. The normalized spacial score (nSPS) is 10.0. The minimum Gasteiger partial charge on any atom is -0.496 e. The van der Waals surface area contributed by atoms with Gasteiger partial charge >= 0.3 is 5.97 Å². The molecule has 0 aromatic heterocycles. The highest BCUT2D eigenvalue weighted by molar-refractivity contribution is 5.92. The Hall–Kier alpha value is -2.89. The van der Waals surface area contributed by atoms with Crippen molar-refractivity contribution < 1.29 is 23.5 Å². The molecule has 0 radical (unpaired) electrons. The van der Waals surface area contributed by atoms with Crippen LogP contribution in [0, 0.1) is 5.82 Å². The Morgan fingerprint density at radius 2 is 1.91 bits per heavy atom. The van der Waals surface area contributed by atoms with Crippen molar-refractivity contribution in [1.29, 1.82) is 0 Å². The lowest BCUT2D eigenvalue weighted by molar-refractivity contribution is -0.146. The highest BCUT2D eigenvalue weighted by Crippen LogP contribution is 2.18. The predicted octanol–water partition coefficient (Wildman–Crippen LogP) is 2.56. The van der Waals surface area contributed by atoms with E-state index < -0.39 is 24.3 Å². The smallest absolute Gasteiger partial charge is 0.310 e. The zero-order valence-electron chi connectivity index (χ0n) is 12.5. The Kier molecular flexibility index (Phi) is 5.68. The van der Waals surface area contributed by atoms with Crippen molar-refractivity contribution in [3.05, 3.63) is 59.9 Å². The van der Waals surface area contributed by atoms with Crippen LogP contribution in [0.1, 0.15) is 5.56 Å². The van der Waals surface area contributed by atoms with Crippen molar-refractivity contribution in [2.75, 3.05) is 19.0 Å². The van der Waals surface area contributed by atoms with Gasteiger partial charge in [-0.1, -0.05) is 24.3 Å². The lowest BCUT2D eigenvalue weighted by Crippen LogP contribution is -2.21. The number of ether oxygens (including phenoxy) is 2. The summed E-state index contributed by atoms with van der Waals surface area (Å²) < 4.78 is 23.0. The second-order valence-electron chi connectivity index (χ2n) is 4.71. The maximum absolute atomic E-state index is 13.0. The molecular formula is C17H16FNO4. The lowest BCUT2D eigenvalue weighted by Gasteiger charge is -2.09. The first kappa shape index (κ1) is 16.5. The molecule has 0 heterocycles. The van der Waals surface area contributed by atoms with E-state index in [1.807, 2.05) is 0 Å². The maximum atomic E-state index is 13.0. The molecule has 0 bridgehead atoms. The molecule has 0 saturated heterocycles. The molecule has 23 heavy (non-hydrogen) atoms. The van der Waals surface area contributed by atoms with Crippen LogP contribution in [0.2, 0.25) is 0 Å². The summed E-state index contributed by atoms with van der Waals surface area (Å²) in [6, 6.07) is 12.5. The predicted molar refractivity (Wildman–Crippen MR) is 82.7 cm³/mol. The number of carbonyl (C=O) groups is 2. The summed E-state index contributed by atoms with van der Waals surface area (Å²) in [7, 11) is 1.51. The fourth-order valence-corrected chi connectivity index (χ4v) is 1.96. The quantitative estimate of drug-likeness (QED) is 0.832. The minimum atomic E-state index is -0.552. The molecule has 2 aromatic rings. The van der Waals surface area contributed by atoms with E-state index in [1.54, 1.807) is 24.3 Å². The van der Waals surface area contributed by atoms with E-state index >= 15 is 0 Å². The molecule has 120 valence electrons. The molecular weight excluding hydrogens is 301 g/mol. The first-order valence-electron chi connectivity index (χ1n) is 6.91. The van der Waals surface area contributed by atoms with E-state index in [2.05, 4.69) is 5.32 Å². The number of esters is 1. The van der Waals surface area contributed by atoms with E-state index in [9.17, 15) is 14.0 Å². The highest BCUT2D eigenvalue weighted by atomic mass is 19.1. The van der Waals surface area contributed by atoms with Crippen LogP contribution in [-0.4, -0.2) is 25.6 Å². The van der Waals surface area contributed by atoms with Gasteiger partial charge in [0.15, 0.2) is 6.61 Å². The second kappa shape index (κ2) is 7.93. The molecule has 0 atom stereocenters. The number of hydrogen-bond donors (Lipinski definition) is 1. The highest BCUT2D eigenvalue weighted by Gasteiger charge is 2.11. The van der Waals surface area contributed by atoms with Gasteiger partial charge in [0.25, 0.3) is 5.91 Å². The van der Waals surface area contributed by atoms with E-state index in [4.69, 9.17) is 9.47 Å². The van der Waals surface area contributed by atoms with E-state index in [-0.39, 0.29) is 6.42 Å². The number of amides is 1. The number of halogens is 1. The first-order chi connectivity index (χ1) is 11.1. The summed E-state index contributed by atoms with van der Waals surface area (Å²) in [6.45, 7) is -0.440. The Labute approximate surface area is 133 Å². The summed E-state index contributed by atoms with van der Waals surface area (Å²) in [5, 5.41) is 2.44. The van der Waals surface area contributed by atoms with Gasteiger partial charge in [-0.3, -0.25) is 9.59 Å². The van der Waals surface area contributed by atoms with Crippen molar-refractivity contribution >= 4 is 17.6 Å². The zero-order chi connectivity index (χ0) is 16.7. The Morgan fingerprint density at radius 1 is 1.13 bits per heavy atom. The second-order valence-corrected chi connectivity index (χ2v) is 4.71. The number of anilines is 1. The average Bonchev–Trinajstić information content (AvgIpc) is 2.53. The molecule has 2 rings (SSSR count). The third-order valence-corrected chi connectivity index (χ3v) is 3.00. The van der Waals surface area contributed by atoms with E-state index in [0.717, 1.165) is 0 Å². The van der Waals surface area contributed by atoms with E-state index in [1.165, 1.54) is 31.4 Å². The van der Waals surface area contributed by atoms with Gasteiger partial charge in [0.05, 0.1) is 13.5 Å². The van der Waals surface area contributed by atoms with Crippen molar-refractivity contribution in [3.8, 4) is 5.75 Å². The van der Waals surface area contributed by atoms with Crippen molar-refractivity contribution in [2.45, 2.75) is 6.42 Å². The summed E-state index contributed by atoms with van der Waals surface area (Å²) in [5.41, 5.74) is 0.973. The van der Waals surface area contributed by atoms with Gasteiger partial charge in [-0.2, -0.15) is 0 Å². The lowest BCUT2D eigenvalue weighted by atomic mass is 10.1. The van der Waals surface area contributed by atoms with Gasteiger partial charge in [-0.05, 0) is 24.3 Å². The molecule has 6 heteroatoms. The van der Waals surface area contributed by atoms with Crippen LogP contribution < -0.4 is 10.1 Å². The molecule has 0 aliphatic rings. The van der Waals surface area contributed by atoms with Gasteiger partial charge in [0.2, 0.25) is 0 Å². The van der Waals surface area contributed by atoms with Crippen LogP contribution >= 0.6 is 0 Å². The third-order valence-electron chi connectivity index (χ3n) is 3.00. The molecule has 1 amide bonds. The summed E-state index contributed by atoms with van der Waals surface area (Å²) in [4.78, 5) is 23.4. The first-order valence-corrected chi connectivity index (χ1v) is 6.91. The topological polar surface area (TPSA) is 64.6 Å². The van der Waals surface area contributed by atoms with Crippen LogP contribution in [0.15, 0.2) is 48.5 Å². The van der Waals surface area contributed by atoms with Gasteiger partial charge in [-0.15, -0.1) is 0 Å². The molecule has 1 N–H and O–H groups in total.